The molecule has 1 aliphatic rings. The monoisotopic (exact) mass is 268 g/mol. The number of aliphatic hydroxyl groups excluding tert-OH is 1. The van der Waals surface area contributed by atoms with Crippen molar-refractivity contribution in [3.05, 3.63) is 23.0 Å². The van der Waals surface area contributed by atoms with E-state index in [0.717, 1.165) is 30.6 Å². The molecule has 4 heteroatoms. The number of aromatic nitrogens is 1. The Morgan fingerprint density at radius 3 is 2.72 bits per heavy atom. The van der Waals surface area contributed by atoms with Gasteiger partial charge in [0.1, 0.15) is 5.15 Å². The number of hydrogen-bond acceptors (Lipinski definition) is 3. The molecule has 0 radical (unpaired) electrons. The first-order valence-electron chi connectivity index (χ1n) is 6.62. The first-order valence-corrected chi connectivity index (χ1v) is 7.00. The summed E-state index contributed by atoms with van der Waals surface area (Å²) in [6.07, 6.45) is 7.71. The predicted octanol–water partition coefficient (Wildman–Crippen LogP) is 3.40. The van der Waals surface area contributed by atoms with E-state index < -0.39 is 0 Å². The number of halogens is 1. The van der Waals surface area contributed by atoms with Gasteiger partial charge < -0.3 is 10.4 Å². The molecule has 0 aliphatic heterocycles. The van der Waals surface area contributed by atoms with Gasteiger partial charge in [0.15, 0.2) is 0 Å². The molecule has 1 aromatic rings. The fraction of sp³-hybridized carbons (Fsp3) is 0.643. The van der Waals surface area contributed by atoms with Crippen molar-refractivity contribution in [1.82, 2.24) is 4.98 Å². The van der Waals surface area contributed by atoms with E-state index in [-0.39, 0.29) is 12.0 Å². The second-order valence-electron chi connectivity index (χ2n) is 5.40. The molecule has 3 nitrogen and oxygen atoms in total. The summed E-state index contributed by atoms with van der Waals surface area (Å²) < 4.78 is 0. The number of aryl methyl sites for hydroxylation is 1. The Morgan fingerprint density at radius 2 is 2.11 bits per heavy atom. The van der Waals surface area contributed by atoms with Crippen LogP contribution in [0.25, 0.3) is 0 Å². The van der Waals surface area contributed by atoms with Gasteiger partial charge >= 0.3 is 0 Å². The van der Waals surface area contributed by atoms with Gasteiger partial charge in [0.2, 0.25) is 0 Å². The van der Waals surface area contributed by atoms with E-state index in [1.807, 2.05) is 13.0 Å². The summed E-state index contributed by atoms with van der Waals surface area (Å²) in [7, 11) is 0. The molecule has 1 aliphatic carbocycles. The topological polar surface area (TPSA) is 45.1 Å². The predicted molar refractivity (Wildman–Crippen MR) is 75.1 cm³/mol. The quantitative estimate of drug-likeness (QED) is 0.823. The number of anilines is 1. The molecule has 1 fully saturated rings. The van der Waals surface area contributed by atoms with Gasteiger partial charge in [0.05, 0.1) is 18.5 Å². The zero-order valence-corrected chi connectivity index (χ0v) is 11.6. The number of nitrogens with one attached hydrogen (secondary N) is 1. The molecule has 0 aromatic carbocycles. The van der Waals surface area contributed by atoms with Crippen LogP contribution in [0.5, 0.6) is 0 Å². The molecule has 0 unspecified atom stereocenters. The van der Waals surface area contributed by atoms with Crippen molar-refractivity contribution in [3.8, 4) is 0 Å². The SMILES string of the molecule is Cc1cc(NCC2(CO)CCCCC2)cnc1Cl. The first-order chi connectivity index (χ1) is 8.65. The van der Waals surface area contributed by atoms with E-state index in [1.165, 1.54) is 19.3 Å². The maximum atomic E-state index is 9.64. The van der Waals surface area contributed by atoms with Gasteiger partial charge in [-0.15, -0.1) is 0 Å². The number of rotatable bonds is 4. The van der Waals surface area contributed by atoms with Gasteiger partial charge in [0, 0.05) is 12.0 Å². The van der Waals surface area contributed by atoms with Crippen molar-refractivity contribution in [2.24, 2.45) is 5.41 Å². The van der Waals surface area contributed by atoms with Crippen LogP contribution >= 0.6 is 11.6 Å². The third kappa shape index (κ3) is 3.15. The van der Waals surface area contributed by atoms with E-state index in [1.54, 1.807) is 6.20 Å². The minimum absolute atomic E-state index is 0.0474. The summed E-state index contributed by atoms with van der Waals surface area (Å²) in [6.45, 7) is 3.02. The maximum absolute atomic E-state index is 9.64. The Bertz CT molecular complexity index is 403. The van der Waals surface area contributed by atoms with Gasteiger partial charge in [-0.05, 0) is 31.4 Å². The van der Waals surface area contributed by atoms with Crippen LogP contribution < -0.4 is 5.32 Å². The smallest absolute Gasteiger partial charge is 0.132 e. The largest absolute Gasteiger partial charge is 0.396 e. The van der Waals surface area contributed by atoms with Crippen molar-refractivity contribution in [3.63, 3.8) is 0 Å². The average molecular weight is 269 g/mol. The van der Waals surface area contributed by atoms with Crippen LogP contribution in [0.4, 0.5) is 5.69 Å². The fourth-order valence-corrected chi connectivity index (χ4v) is 2.74. The molecule has 0 spiro atoms. The van der Waals surface area contributed by atoms with Crippen LogP contribution in [-0.2, 0) is 0 Å². The van der Waals surface area contributed by atoms with E-state index in [4.69, 9.17) is 11.6 Å². The summed E-state index contributed by atoms with van der Waals surface area (Å²) in [5.74, 6) is 0. The molecule has 1 aromatic heterocycles. The highest BCUT2D eigenvalue weighted by Crippen LogP contribution is 2.36. The molecular formula is C14H21ClN2O. The molecule has 1 heterocycles. The molecule has 1 saturated carbocycles. The Labute approximate surface area is 114 Å². The van der Waals surface area contributed by atoms with Crippen LogP contribution in [0.3, 0.4) is 0 Å². The summed E-state index contributed by atoms with van der Waals surface area (Å²) in [5.41, 5.74) is 2.00. The highest BCUT2D eigenvalue weighted by atomic mass is 35.5. The molecule has 2 N–H and O–H groups in total. The average Bonchev–Trinajstić information content (AvgIpc) is 2.41. The minimum Gasteiger partial charge on any atom is -0.396 e. The number of aliphatic hydroxyl groups is 1. The van der Waals surface area contributed by atoms with E-state index in [2.05, 4.69) is 10.3 Å². The Hall–Kier alpha value is -0.800. The highest BCUT2D eigenvalue weighted by Gasteiger charge is 2.31. The molecule has 0 bridgehead atoms. The van der Waals surface area contributed by atoms with Gasteiger partial charge in [-0.3, -0.25) is 0 Å². The Kier molecular flexibility index (Phi) is 4.46. The second kappa shape index (κ2) is 5.89. The van der Waals surface area contributed by atoms with Crippen molar-refractivity contribution >= 4 is 17.3 Å². The first kappa shape index (κ1) is 13.6. The van der Waals surface area contributed by atoms with E-state index in [9.17, 15) is 5.11 Å². The second-order valence-corrected chi connectivity index (χ2v) is 5.76. The summed E-state index contributed by atoms with van der Waals surface area (Å²) in [5, 5.41) is 13.6. The molecule has 0 saturated heterocycles. The van der Waals surface area contributed by atoms with E-state index in [0.29, 0.717) is 5.15 Å². The molecule has 0 amide bonds. The van der Waals surface area contributed by atoms with Crippen LogP contribution in [0.15, 0.2) is 12.3 Å². The van der Waals surface area contributed by atoms with Gasteiger partial charge in [-0.2, -0.15) is 0 Å². The van der Waals surface area contributed by atoms with E-state index >= 15 is 0 Å². The molecule has 18 heavy (non-hydrogen) atoms. The Balaban J connectivity index is 1.98. The Morgan fingerprint density at radius 1 is 1.39 bits per heavy atom. The zero-order valence-electron chi connectivity index (χ0n) is 10.9. The van der Waals surface area contributed by atoms with Crippen LogP contribution in [0.1, 0.15) is 37.7 Å². The zero-order chi connectivity index (χ0) is 13.0. The third-order valence-electron chi connectivity index (χ3n) is 3.93. The van der Waals surface area contributed by atoms with Gasteiger partial charge in [-0.1, -0.05) is 30.9 Å². The van der Waals surface area contributed by atoms with Crippen LogP contribution in [0, 0.1) is 12.3 Å². The number of pyridine rings is 1. The molecule has 100 valence electrons. The van der Waals surface area contributed by atoms with Crippen molar-refractivity contribution in [1.29, 1.82) is 0 Å². The summed E-state index contributed by atoms with van der Waals surface area (Å²) in [4.78, 5) is 4.13. The third-order valence-corrected chi connectivity index (χ3v) is 4.33. The van der Waals surface area contributed by atoms with Crippen molar-refractivity contribution in [2.75, 3.05) is 18.5 Å². The summed E-state index contributed by atoms with van der Waals surface area (Å²) >= 11 is 5.91. The number of hydrogen-bond donors (Lipinski definition) is 2. The molecule has 2 rings (SSSR count). The van der Waals surface area contributed by atoms with Crippen LogP contribution in [-0.4, -0.2) is 23.2 Å². The van der Waals surface area contributed by atoms with Gasteiger partial charge in [-0.25, -0.2) is 4.98 Å². The highest BCUT2D eigenvalue weighted by molar-refractivity contribution is 6.30. The summed E-state index contributed by atoms with van der Waals surface area (Å²) in [6, 6.07) is 2.00. The normalized spacial score (nSPS) is 18.6. The van der Waals surface area contributed by atoms with Crippen molar-refractivity contribution in [2.45, 2.75) is 39.0 Å². The minimum atomic E-state index is 0.0474. The van der Waals surface area contributed by atoms with Crippen molar-refractivity contribution < 1.29 is 5.11 Å². The maximum Gasteiger partial charge on any atom is 0.132 e. The lowest BCUT2D eigenvalue weighted by Gasteiger charge is -2.36. The number of nitrogens with zero attached hydrogens (tertiary/aromatic N) is 1. The lowest BCUT2D eigenvalue weighted by atomic mass is 9.74. The molecule has 0 atom stereocenters. The lowest BCUT2D eigenvalue weighted by Crippen LogP contribution is -2.35. The van der Waals surface area contributed by atoms with Gasteiger partial charge in [0.25, 0.3) is 0 Å². The van der Waals surface area contributed by atoms with Crippen LogP contribution in [0.2, 0.25) is 5.15 Å². The lowest BCUT2D eigenvalue weighted by molar-refractivity contribution is 0.0944. The molecular weight excluding hydrogens is 248 g/mol. The fourth-order valence-electron chi connectivity index (χ4n) is 2.64. The standard InChI is InChI=1S/C14H21ClN2O/c1-11-7-12(8-16-13(11)15)17-9-14(10-18)5-3-2-4-6-14/h7-8,17-18H,2-6,9-10H2,1H3.